The molecule has 0 spiro atoms. The average molecular weight is 326 g/mol. The molecule has 24 heavy (non-hydrogen) atoms. The van der Waals surface area contributed by atoms with Crippen LogP contribution >= 0.6 is 0 Å². The quantitative estimate of drug-likeness (QED) is 0.819. The van der Waals surface area contributed by atoms with E-state index in [-0.39, 0.29) is 12.0 Å². The standard InChI is InChI=1S/C19H22N2O3/c1-2-21(13-15-6-4-3-5-7-15)19(22)16-8-9-18(20-12-16)24-17-10-11-23-14-17/h3-9,12,17H,2,10-11,13-14H2,1H3. The summed E-state index contributed by atoms with van der Waals surface area (Å²) in [5.41, 5.74) is 1.68. The molecule has 1 aliphatic heterocycles. The number of ether oxygens (including phenoxy) is 2. The van der Waals surface area contributed by atoms with Gasteiger partial charge in [0, 0.05) is 31.8 Å². The van der Waals surface area contributed by atoms with Gasteiger partial charge in [0.25, 0.3) is 5.91 Å². The Kier molecular flexibility index (Phi) is 5.43. The zero-order valence-corrected chi connectivity index (χ0v) is 13.9. The first-order valence-electron chi connectivity index (χ1n) is 8.30. The maximum atomic E-state index is 12.7. The lowest BCUT2D eigenvalue weighted by Gasteiger charge is -2.21. The molecule has 5 heteroatoms. The lowest BCUT2D eigenvalue weighted by molar-refractivity contribution is 0.0752. The van der Waals surface area contributed by atoms with Crippen molar-refractivity contribution in [1.29, 1.82) is 0 Å². The second-order valence-corrected chi connectivity index (χ2v) is 5.79. The van der Waals surface area contributed by atoms with Gasteiger partial charge in [-0.3, -0.25) is 4.79 Å². The summed E-state index contributed by atoms with van der Waals surface area (Å²) in [6, 6.07) is 13.5. The number of aromatic nitrogens is 1. The van der Waals surface area contributed by atoms with Crippen molar-refractivity contribution in [3.63, 3.8) is 0 Å². The maximum absolute atomic E-state index is 12.7. The third-order valence-electron chi connectivity index (χ3n) is 4.04. The van der Waals surface area contributed by atoms with Crippen LogP contribution < -0.4 is 4.74 Å². The number of benzene rings is 1. The Labute approximate surface area is 142 Å². The molecule has 1 saturated heterocycles. The first-order chi connectivity index (χ1) is 11.8. The minimum absolute atomic E-state index is 0.0235. The molecule has 1 aliphatic rings. The van der Waals surface area contributed by atoms with Crippen molar-refractivity contribution < 1.29 is 14.3 Å². The summed E-state index contributed by atoms with van der Waals surface area (Å²) in [5.74, 6) is 0.512. The molecule has 1 unspecified atom stereocenters. The monoisotopic (exact) mass is 326 g/mol. The summed E-state index contributed by atoms with van der Waals surface area (Å²) in [7, 11) is 0. The predicted octanol–water partition coefficient (Wildman–Crippen LogP) is 2.91. The van der Waals surface area contributed by atoms with Crippen molar-refractivity contribution in [2.24, 2.45) is 0 Å². The van der Waals surface area contributed by atoms with Crippen LogP contribution in [0, 0.1) is 0 Å². The fourth-order valence-corrected chi connectivity index (χ4v) is 2.67. The van der Waals surface area contributed by atoms with E-state index in [2.05, 4.69) is 4.98 Å². The third-order valence-corrected chi connectivity index (χ3v) is 4.04. The van der Waals surface area contributed by atoms with E-state index in [1.54, 1.807) is 23.2 Å². The highest BCUT2D eigenvalue weighted by Gasteiger charge is 2.19. The van der Waals surface area contributed by atoms with Gasteiger partial charge in [0.05, 0.1) is 18.8 Å². The van der Waals surface area contributed by atoms with Crippen LogP contribution in [0.2, 0.25) is 0 Å². The van der Waals surface area contributed by atoms with Gasteiger partial charge >= 0.3 is 0 Å². The van der Waals surface area contributed by atoms with Crippen molar-refractivity contribution in [3.8, 4) is 5.88 Å². The largest absolute Gasteiger partial charge is 0.472 e. The molecule has 0 saturated carbocycles. The Morgan fingerprint density at radius 3 is 2.75 bits per heavy atom. The van der Waals surface area contributed by atoms with Crippen LogP contribution in [-0.2, 0) is 11.3 Å². The number of carbonyl (C=O) groups is 1. The summed E-state index contributed by atoms with van der Waals surface area (Å²) < 4.78 is 11.0. The van der Waals surface area contributed by atoms with Gasteiger partial charge in [-0.15, -0.1) is 0 Å². The van der Waals surface area contributed by atoms with Crippen molar-refractivity contribution in [2.45, 2.75) is 26.0 Å². The van der Waals surface area contributed by atoms with E-state index in [0.717, 1.165) is 18.6 Å². The molecule has 126 valence electrons. The van der Waals surface area contributed by atoms with Crippen LogP contribution in [-0.4, -0.2) is 41.7 Å². The highest BCUT2D eigenvalue weighted by Crippen LogP contribution is 2.16. The van der Waals surface area contributed by atoms with Gasteiger partial charge in [-0.2, -0.15) is 0 Å². The van der Waals surface area contributed by atoms with Crippen LogP contribution in [0.3, 0.4) is 0 Å². The van der Waals surface area contributed by atoms with E-state index < -0.39 is 0 Å². The van der Waals surface area contributed by atoms with Gasteiger partial charge in [-0.1, -0.05) is 30.3 Å². The molecule has 0 bridgehead atoms. The number of amides is 1. The Morgan fingerprint density at radius 1 is 1.29 bits per heavy atom. The van der Waals surface area contributed by atoms with Crippen LogP contribution in [0.1, 0.15) is 29.3 Å². The van der Waals surface area contributed by atoms with Crippen molar-refractivity contribution in [1.82, 2.24) is 9.88 Å². The Morgan fingerprint density at radius 2 is 2.12 bits per heavy atom. The lowest BCUT2D eigenvalue weighted by Crippen LogP contribution is -2.30. The van der Waals surface area contributed by atoms with Gasteiger partial charge in [-0.25, -0.2) is 4.98 Å². The van der Waals surface area contributed by atoms with Gasteiger partial charge in [-0.05, 0) is 18.6 Å². The molecule has 1 aromatic heterocycles. The molecule has 0 radical (unpaired) electrons. The zero-order valence-electron chi connectivity index (χ0n) is 13.9. The minimum atomic E-state index is -0.0235. The number of rotatable bonds is 6. The summed E-state index contributed by atoms with van der Waals surface area (Å²) in [6.45, 7) is 4.54. The molecule has 2 aromatic rings. The van der Waals surface area contributed by atoms with E-state index in [9.17, 15) is 4.79 Å². The highest BCUT2D eigenvalue weighted by atomic mass is 16.5. The first-order valence-corrected chi connectivity index (χ1v) is 8.30. The number of nitrogens with zero attached hydrogens (tertiary/aromatic N) is 2. The van der Waals surface area contributed by atoms with E-state index in [4.69, 9.17) is 9.47 Å². The molecule has 1 atom stereocenters. The fraction of sp³-hybridized carbons (Fsp3) is 0.368. The molecule has 1 amide bonds. The third kappa shape index (κ3) is 4.11. The van der Waals surface area contributed by atoms with E-state index in [0.29, 0.717) is 31.1 Å². The first kappa shape index (κ1) is 16.5. The van der Waals surface area contributed by atoms with Crippen molar-refractivity contribution in [2.75, 3.05) is 19.8 Å². The lowest BCUT2D eigenvalue weighted by atomic mass is 10.2. The molecule has 1 aromatic carbocycles. The van der Waals surface area contributed by atoms with Crippen LogP contribution in [0.4, 0.5) is 0 Å². The van der Waals surface area contributed by atoms with Gasteiger partial charge in [0.15, 0.2) is 0 Å². The molecule has 2 heterocycles. The summed E-state index contributed by atoms with van der Waals surface area (Å²) in [5, 5.41) is 0. The van der Waals surface area contributed by atoms with E-state index >= 15 is 0 Å². The normalized spacial score (nSPS) is 16.8. The fourth-order valence-electron chi connectivity index (χ4n) is 2.67. The number of hydrogen-bond donors (Lipinski definition) is 0. The second-order valence-electron chi connectivity index (χ2n) is 5.79. The van der Waals surface area contributed by atoms with Gasteiger partial charge < -0.3 is 14.4 Å². The van der Waals surface area contributed by atoms with E-state index in [1.165, 1.54) is 0 Å². The average Bonchev–Trinajstić information content (AvgIpc) is 3.14. The van der Waals surface area contributed by atoms with Gasteiger partial charge in [0.1, 0.15) is 6.10 Å². The maximum Gasteiger partial charge on any atom is 0.255 e. The molecule has 5 nitrogen and oxygen atoms in total. The number of carbonyl (C=O) groups excluding carboxylic acids is 1. The SMILES string of the molecule is CCN(Cc1ccccc1)C(=O)c1ccc(OC2CCOC2)nc1. The van der Waals surface area contributed by atoms with Crippen LogP contribution in [0.5, 0.6) is 5.88 Å². The van der Waals surface area contributed by atoms with Crippen LogP contribution in [0.15, 0.2) is 48.7 Å². The molecule has 0 aliphatic carbocycles. The summed E-state index contributed by atoms with van der Waals surface area (Å²) in [6.07, 6.45) is 2.52. The molecule has 3 rings (SSSR count). The minimum Gasteiger partial charge on any atom is -0.472 e. The number of hydrogen-bond acceptors (Lipinski definition) is 4. The molecular formula is C19H22N2O3. The Bertz CT molecular complexity index is 652. The topological polar surface area (TPSA) is 51.7 Å². The molecule has 0 N–H and O–H groups in total. The van der Waals surface area contributed by atoms with Crippen molar-refractivity contribution in [3.05, 3.63) is 59.8 Å². The second kappa shape index (κ2) is 7.93. The molecule has 1 fully saturated rings. The Hall–Kier alpha value is -2.40. The van der Waals surface area contributed by atoms with Crippen LogP contribution in [0.25, 0.3) is 0 Å². The van der Waals surface area contributed by atoms with Crippen molar-refractivity contribution >= 4 is 5.91 Å². The Balaban J connectivity index is 1.64. The zero-order chi connectivity index (χ0) is 16.8. The summed E-state index contributed by atoms with van der Waals surface area (Å²) in [4.78, 5) is 18.7. The van der Waals surface area contributed by atoms with Gasteiger partial charge in [0.2, 0.25) is 5.88 Å². The molecular weight excluding hydrogens is 304 g/mol. The smallest absolute Gasteiger partial charge is 0.255 e. The summed E-state index contributed by atoms with van der Waals surface area (Å²) >= 11 is 0. The number of pyridine rings is 1. The highest BCUT2D eigenvalue weighted by molar-refractivity contribution is 5.93. The van der Waals surface area contributed by atoms with E-state index in [1.807, 2.05) is 37.3 Å². The predicted molar refractivity (Wildman–Crippen MR) is 90.9 cm³/mol.